The van der Waals surface area contributed by atoms with E-state index in [1.54, 1.807) is 13.0 Å². The standard InChI is InChI=1S/C22H33N7O4S/c1-5-19(26(3)4)21-24-25-22(28(21)9-8-27-10-12-33-13-11-27)34-15-20(30)23-18-14-17(29(31)32)7-6-16(18)2/h6-7,14,19H,5,8-13,15H2,1-4H3,(H,23,30)/t19-/m0/s1. The molecule has 1 aliphatic heterocycles. The van der Waals surface area contributed by atoms with Gasteiger partial charge in [0.1, 0.15) is 0 Å². The van der Waals surface area contributed by atoms with Crippen LogP contribution in [0.2, 0.25) is 0 Å². The summed E-state index contributed by atoms with van der Waals surface area (Å²) in [5.74, 6) is 0.757. The lowest BCUT2D eigenvalue weighted by atomic mass is 10.2. The molecule has 1 aromatic carbocycles. The Morgan fingerprint density at radius 3 is 2.68 bits per heavy atom. The predicted octanol–water partition coefficient (Wildman–Crippen LogP) is 2.57. The van der Waals surface area contributed by atoms with Crippen LogP contribution >= 0.6 is 11.8 Å². The van der Waals surface area contributed by atoms with Crippen LogP contribution in [0.1, 0.15) is 30.8 Å². The lowest BCUT2D eigenvalue weighted by Gasteiger charge is -2.28. The molecule has 1 aliphatic rings. The van der Waals surface area contributed by atoms with Crippen LogP contribution in [0.25, 0.3) is 0 Å². The zero-order valence-electron chi connectivity index (χ0n) is 20.2. The van der Waals surface area contributed by atoms with E-state index in [-0.39, 0.29) is 23.4 Å². The molecule has 186 valence electrons. The zero-order chi connectivity index (χ0) is 24.7. The van der Waals surface area contributed by atoms with Crippen LogP contribution < -0.4 is 5.32 Å². The smallest absolute Gasteiger partial charge is 0.271 e. The molecule has 1 N–H and O–H groups in total. The molecule has 0 bridgehead atoms. The number of benzene rings is 1. The van der Waals surface area contributed by atoms with Gasteiger partial charge in [0.25, 0.3) is 5.69 Å². The number of nitro groups is 1. The minimum Gasteiger partial charge on any atom is -0.379 e. The Labute approximate surface area is 204 Å². The normalized spacial score (nSPS) is 15.4. The molecule has 0 radical (unpaired) electrons. The maximum absolute atomic E-state index is 12.7. The highest BCUT2D eigenvalue weighted by atomic mass is 32.2. The Kier molecular flexibility index (Phi) is 9.39. The fourth-order valence-electron chi connectivity index (χ4n) is 3.88. The summed E-state index contributed by atoms with van der Waals surface area (Å²) in [6.07, 6.45) is 0.889. The van der Waals surface area contributed by atoms with Crippen molar-refractivity contribution < 1.29 is 14.5 Å². The van der Waals surface area contributed by atoms with E-state index in [2.05, 4.69) is 36.8 Å². The molecule has 1 fully saturated rings. The van der Waals surface area contributed by atoms with Gasteiger partial charge in [-0.25, -0.2) is 0 Å². The quantitative estimate of drug-likeness (QED) is 0.287. The van der Waals surface area contributed by atoms with Gasteiger partial charge in [0.2, 0.25) is 5.91 Å². The lowest BCUT2D eigenvalue weighted by molar-refractivity contribution is -0.384. The third-order valence-electron chi connectivity index (χ3n) is 5.84. The number of amides is 1. The number of morpholine rings is 1. The number of nitrogens with zero attached hydrogens (tertiary/aromatic N) is 6. The Morgan fingerprint density at radius 1 is 1.29 bits per heavy atom. The van der Waals surface area contributed by atoms with Gasteiger partial charge in [-0.05, 0) is 33.0 Å². The van der Waals surface area contributed by atoms with Crippen molar-refractivity contribution in [3.63, 3.8) is 0 Å². The third-order valence-corrected chi connectivity index (χ3v) is 6.80. The topological polar surface area (TPSA) is 119 Å². The van der Waals surface area contributed by atoms with E-state index in [4.69, 9.17) is 4.74 Å². The van der Waals surface area contributed by atoms with Gasteiger partial charge < -0.3 is 14.6 Å². The van der Waals surface area contributed by atoms with Gasteiger partial charge in [0.05, 0.1) is 35.6 Å². The second-order valence-corrected chi connectivity index (χ2v) is 9.37. The van der Waals surface area contributed by atoms with Crippen LogP contribution in [-0.4, -0.2) is 88.1 Å². The summed E-state index contributed by atoms with van der Waals surface area (Å²) in [5.41, 5.74) is 1.14. The summed E-state index contributed by atoms with van der Waals surface area (Å²) in [4.78, 5) is 27.7. The second-order valence-electron chi connectivity index (χ2n) is 8.43. The second kappa shape index (κ2) is 12.2. The Morgan fingerprint density at radius 2 is 2.03 bits per heavy atom. The Bertz CT molecular complexity index is 992. The van der Waals surface area contributed by atoms with E-state index in [0.29, 0.717) is 10.8 Å². The number of thioether (sulfide) groups is 1. The van der Waals surface area contributed by atoms with Crippen molar-refractivity contribution in [3.8, 4) is 0 Å². The van der Waals surface area contributed by atoms with Gasteiger partial charge >= 0.3 is 0 Å². The monoisotopic (exact) mass is 491 g/mol. The van der Waals surface area contributed by atoms with Gasteiger partial charge in [-0.1, -0.05) is 24.8 Å². The highest BCUT2D eigenvalue weighted by Crippen LogP contribution is 2.26. The van der Waals surface area contributed by atoms with Crippen LogP contribution in [0.5, 0.6) is 0 Å². The average molecular weight is 492 g/mol. The highest BCUT2D eigenvalue weighted by molar-refractivity contribution is 7.99. The minimum atomic E-state index is -0.475. The van der Waals surface area contributed by atoms with Crippen molar-refractivity contribution in [2.24, 2.45) is 0 Å². The van der Waals surface area contributed by atoms with E-state index in [1.807, 2.05) is 14.1 Å². The first-order valence-corrected chi connectivity index (χ1v) is 12.4. The number of nitro benzene ring substituents is 1. The number of anilines is 1. The molecular weight excluding hydrogens is 458 g/mol. The maximum Gasteiger partial charge on any atom is 0.271 e. The Hall–Kier alpha value is -2.54. The zero-order valence-corrected chi connectivity index (χ0v) is 21.0. The molecular formula is C22H33N7O4S. The largest absolute Gasteiger partial charge is 0.379 e. The average Bonchev–Trinajstić information content (AvgIpc) is 3.20. The molecule has 12 heteroatoms. The van der Waals surface area contributed by atoms with Crippen LogP contribution in [0.15, 0.2) is 23.4 Å². The van der Waals surface area contributed by atoms with E-state index in [0.717, 1.165) is 57.2 Å². The SMILES string of the molecule is CC[C@@H](c1nnc(SCC(=O)Nc2cc([N+](=O)[O-])ccc2C)n1CCN1CCOCC1)N(C)C. The maximum atomic E-state index is 12.7. The number of hydrogen-bond donors (Lipinski definition) is 1. The van der Waals surface area contributed by atoms with E-state index in [9.17, 15) is 14.9 Å². The number of aryl methyl sites for hydroxylation is 1. The number of rotatable bonds is 11. The summed E-state index contributed by atoms with van der Waals surface area (Å²) in [7, 11) is 4.05. The molecule has 3 rings (SSSR count). The molecule has 0 unspecified atom stereocenters. The number of hydrogen-bond acceptors (Lipinski definition) is 9. The molecule has 2 aromatic rings. The molecule has 0 spiro atoms. The first kappa shape index (κ1) is 26.1. The summed E-state index contributed by atoms with van der Waals surface area (Å²) < 4.78 is 7.56. The van der Waals surface area contributed by atoms with Crippen LogP contribution in [-0.2, 0) is 16.1 Å². The van der Waals surface area contributed by atoms with Gasteiger partial charge in [0.15, 0.2) is 11.0 Å². The van der Waals surface area contributed by atoms with Crippen molar-refractivity contribution >= 4 is 29.0 Å². The summed E-state index contributed by atoms with van der Waals surface area (Å²) in [5, 5.41) is 23.4. The van der Waals surface area contributed by atoms with Crippen molar-refractivity contribution in [2.45, 2.75) is 38.0 Å². The summed E-state index contributed by atoms with van der Waals surface area (Å²) >= 11 is 1.32. The first-order chi connectivity index (χ1) is 16.3. The number of nitrogens with one attached hydrogen (secondary N) is 1. The van der Waals surface area contributed by atoms with Crippen molar-refractivity contribution in [1.82, 2.24) is 24.6 Å². The van der Waals surface area contributed by atoms with Gasteiger partial charge in [-0.2, -0.15) is 0 Å². The van der Waals surface area contributed by atoms with Crippen LogP contribution in [0.3, 0.4) is 0 Å². The van der Waals surface area contributed by atoms with Gasteiger partial charge in [-0.3, -0.25) is 24.7 Å². The van der Waals surface area contributed by atoms with Crippen LogP contribution in [0, 0.1) is 17.0 Å². The van der Waals surface area contributed by atoms with Gasteiger partial charge in [-0.15, -0.1) is 10.2 Å². The molecule has 1 atom stereocenters. The molecule has 11 nitrogen and oxygen atoms in total. The van der Waals surface area contributed by atoms with Crippen molar-refractivity contribution in [3.05, 3.63) is 39.7 Å². The number of ether oxygens (including phenoxy) is 1. The summed E-state index contributed by atoms with van der Waals surface area (Å²) in [6.45, 7) is 8.77. The molecule has 1 amide bonds. The van der Waals surface area contributed by atoms with Crippen molar-refractivity contribution in [2.75, 3.05) is 58.0 Å². The van der Waals surface area contributed by atoms with E-state index >= 15 is 0 Å². The fourth-order valence-corrected chi connectivity index (χ4v) is 4.65. The highest BCUT2D eigenvalue weighted by Gasteiger charge is 2.23. The molecule has 0 aliphatic carbocycles. The van der Waals surface area contributed by atoms with E-state index < -0.39 is 4.92 Å². The van der Waals surface area contributed by atoms with Crippen LogP contribution in [0.4, 0.5) is 11.4 Å². The number of non-ortho nitro benzene ring substituents is 1. The molecule has 1 saturated heterocycles. The molecule has 2 heterocycles. The van der Waals surface area contributed by atoms with Gasteiger partial charge in [0, 0.05) is 38.3 Å². The number of carbonyl (C=O) groups is 1. The van der Waals surface area contributed by atoms with Crippen molar-refractivity contribution in [1.29, 1.82) is 0 Å². The molecule has 0 saturated carbocycles. The number of carbonyl (C=O) groups excluding carboxylic acids is 1. The Balaban J connectivity index is 1.71. The molecule has 34 heavy (non-hydrogen) atoms. The predicted molar refractivity (Wildman–Crippen MR) is 131 cm³/mol. The van der Waals surface area contributed by atoms with E-state index in [1.165, 1.54) is 23.9 Å². The third kappa shape index (κ3) is 6.75. The summed E-state index contributed by atoms with van der Waals surface area (Å²) in [6, 6.07) is 4.55. The first-order valence-electron chi connectivity index (χ1n) is 11.4. The lowest BCUT2D eigenvalue weighted by Crippen LogP contribution is -2.38. The fraction of sp³-hybridized carbons (Fsp3) is 0.591. The molecule has 1 aromatic heterocycles. The minimum absolute atomic E-state index is 0.0599. The number of aromatic nitrogens is 3.